The van der Waals surface area contributed by atoms with E-state index in [1.807, 2.05) is 17.5 Å². The van der Waals surface area contributed by atoms with Gasteiger partial charge in [-0.15, -0.1) is 11.3 Å². The molecule has 0 unspecified atom stereocenters. The van der Waals surface area contributed by atoms with E-state index < -0.39 is 11.9 Å². The molecule has 1 saturated carbocycles. The summed E-state index contributed by atoms with van der Waals surface area (Å²) >= 11 is 1.62. The lowest BCUT2D eigenvalue weighted by Gasteiger charge is -2.17. The Morgan fingerprint density at radius 3 is 2.88 bits per heavy atom. The maximum Gasteiger partial charge on any atom is 0.308 e. The molecule has 0 saturated heterocycles. The van der Waals surface area contributed by atoms with Crippen molar-refractivity contribution in [1.29, 1.82) is 0 Å². The van der Waals surface area contributed by atoms with Crippen LogP contribution in [-0.2, 0) is 11.4 Å². The van der Waals surface area contributed by atoms with Crippen LogP contribution >= 0.6 is 11.3 Å². The maximum atomic E-state index is 12.4. The molecule has 2 atom stereocenters. The van der Waals surface area contributed by atoms with Gasteiger partial charge in [-0.2, -0.15) is 0 Å². The molecular formula is C18H19NO4S. The third-order valence-electron chi connectivity index (χ3n) is 4.21. The second-order valence-electron chi connectivity index (χ2n) is 5.85. The van der Waals surface area contributed by atoms with Gasteiger partial charge in [0.15, 0.2) is 0 Å². The van der Waals surface area contributed by atoms with Crippen molar-refractivity contribution in [3.63, 3.8) is 0 Å². The Labute approximate surface area is 144 Å². The van der Waals surface area contributed by atoms with E-state index in [4.69, 9.17) is 4.74 Å². The molecule has 1 aromatic carbocycles. The van der Waals surface area contributed by atoms with Gasteiger partial charge in [-0.25, -0.2) is 0 Å². The topological polar surface area (TPSA) is 75.6 Å². The average Bonchev–Trinajstić information content (AvgIpc) is 3.24. The maximum absolute atomic E-state index is 12.4. The summed E-state index contributed by atoms with van der Waals surface area (Å²) in [5.74, 6) is -0.968. The lowest BCUT2D eigenvalue weighted by molar-refractivity contribution is -0.142. The van der Waals surface area contributed by atoms with Gasteiger partial charge in [0.05, 0.1) is 5.92 Å². The van der Waals surface area contributed by atoms with E-state index in [1.165, 1.54) is 0 Å². The van der Waals surface area contributed by atoms with Crippen LogP contribution in [0.15, 0.2) is 41.8 Å². The Bertz CT molecular complexity index is 714. The summed E-state index contributed by atoms with van der Waals surface area (Å²) in [6.45, 7) is 0.465. The Balaban J connectivity index is 1.62. The molecule has 0 radical (unpaired) electrons. The Morgan fingerprint density at radius 1 is 1.25 bits per heavy atom. The molecule has 24 heavy (non-hydrogen) atoms. The minimum Gasteiger partial charge on any atom is -0.488 e. The molecule has 1 aromatic heterocycles. The van der Waals surface area contributed by atoms with Crippen LogP contribution in [0.25, 0.3) is 0 Å². The van der Waals surface area contributed by atoms with Crippen molar-refractivity contribution in [3.8, 4) is 5.75 Å². The number of hydrogen-bond acceptors (Lipinski definition) is 4. The lowest BCUT2D eigenvalue weighted by Crippen LogP contribution is -2.40. The quantitative estimate of drug-likeness (QED) is 0.842. The smallest absolute Gasteiger partial charge is 0.308 e. The third kappa shape index (κ3) is 3.94. The SMILES string of the molecule is O=C(N[C@H]1CCC[C@H]1C(=O)O)c1cccc(OCc2cccs2)c1. The highest BCUT2D eigenvalue weighted by molar-refractivity contribution is 7.09. The van der Waals surface area contributed by atoms with Gasteiger partial charge >= 0.3 is 5.97 Å². The monoisotopic (exact) mass is 345 g/mol. The number of aliphatic carboxylic acids is 1. The molecule has 126 valence electrons. The first-order valence-electron chi connectivity index (χ1n) is 7.92. The fourth-order valence-electron chi connectivity index (χ4n) is 2.96. The molecule has 1 fully saturated rings. The zero-order valence-corrected chi connectivity index (χ0v) is 13.9. The zero-order valence-electron chi connectivity index (χ0n) is 13.1. The molecule has 1 aliphatic rings. The molecule has 0 spiro atoms. The predicted molar refractivity (Wildman–Crippen MR) is 91.3 cm³/mol. The summed E-state index contributed by atoms with van der Waals surface area (Å²) < 4.78 is 5.71. The predicted octanol–water partition coefficient (Wildman–Crippen LogP) is 3.31. The minimum atomic E-state index is -0.842. The van der Waals surface area contributed by atoms with E-state index in [9.17, 15) is 14.7 Å². The molecule has 1 heterocycles. The van der Waals surface area contributed by atoms with Gasteiger partial charge in [-0.3, -0.25) is 9.59 Å². The Morgan fingerprint density at radius 2 is 2.12 bits per heavy atom. The van der Waals surface area contributed by atoms with Crippen LogP contribution in [0.1, 0.15) is 34.5 Å². The van der Waals surface area contributed by atoms with Crippen molar-refractivity contribution in [2.75, 3.05) is 0 Å². The van der Waals surface area contributed by atoms with E-state index in [-0.39, 0.29) is 11.9 Å². The first-order valence-corrected chi connectivity index (χ1v) is 8.80. The van der Waals surface area contributed by atoms with Gasteiger partial charge in [0.1, 0.15) is 12.4 Å². The highest BCUT2D eigenvalue weighted by Gasteiger charge is 2.34. The fourth-order valence-corrected chi connectivity index (χ4v) is 3.57. The first-order chi connectivity index (χ1) is 11.6. The number of amides is 1. The number of carbonyl (C=O) groups is 2. The molecule has 1 amide bonds. The number of hydrogen-bond donors (Lipinski definition) is 2. The van der Waals surface area contributed by atoms with Gasteiger partial charge in [-0.05, 0) is 42.5 Å². The lowest BCUT2D eigenvalue weighted by atomic mass is 10.0. The van der Waals surface area contributed by atoms with Crippen LogP contribution < -0.4 is 10.1 Å². The second kappa shape index (κ2) is 7.49. The number of ether oxygens (including phenoxy) is 1. The van der Waals surface area contributed by atoms with E-state index >= 15 is 0 Å². The third-order valence-corrected chi connectivity index (χ3v) is 5.06. The number of benzene rings is 1. The highest BCUT2D eigenvalue weighted by atomic mass is 32.1. The molecule has 0 aliphatic heterocycles. The normalized spacial score (nSPS) is 19.8. The van der Waals surface area contributed by atoms with Gasteiger partial charge in [0.2, 0.25) is 0 Å². The molecule has 5 nitrogen and oxygen atoms in total. The highest BCUT2D eigenvalue weighted by Crippen LogP contribution is 2.26. The number of carboxylic acids is 1. The zero-order chi connectivity index (χ0) is 16.9. The van der Waals surface area contributed by atoms with Gasteiger partial charge < -0.3 is 15.2 Å². The molecule has 0 bridgehead atoms. The van der Waals surface area contributed by atoms with Gasteiger partial charge in [0, 0.05) is 16.5 Å². The summed E-state index contributed by atoms with van der Waals surface area (Å²) in [4.78, 5) is 24.7. The van der Waals surface area contributed by atoms with Crippen molar-refractivity contribution < 1.29 is 19.4 Å². The van der Waals surface area contributed by atoms with Gasteiger partial charge in [0.25, 0.3) is 5.91 Å². The Hall–Kier alpha value is -2.34. The molecule has 1 aliphatic carbocycles. The number of carboxylic acid groups (broad SMARTS) is 1. The summed E-state index contributed by atoms with van der Waals surface area (Å²) in [6, 6.07) is 10.6. The summed E-state index contributed by atoms with van der Waals surface area (Å²) in [5.41, 5.74) is 0.481. The molecular weight excluding hydrogens is 326 g/mol. The van der Waals surface area contributed by atoms with Crippen molar-refractivity contribution in [1.82, 2.24) is 5.32 Å². The fraction of sp³-hybridized carbons (Fsp3) is 0.333. The van der Waals surface area contributed by atoms with Crippen LogP contribution in [0, 0.1) is 5.92 Å². The minimum absolute atomic E-state index is 0.255. The number of rotatable bonds is 6. The Kier molecular flexibility index (Phi) is 5.15. The van der Waals surface area contributed by atoms with E-state index in [0.717, 1.165) is 11.3 Å². The van der Waals surface area contributed by atoms with Crippen LogP contribution in [-0.4, -0.2) is 23.0 Å². The molecule has 6 heteroatoms. The summed E-state index contributed by atoms with van der Waals surface area (Å²) in [7, 11) is 0. The summed E-state index contributed by atoms with van der Waals surface area (Å²) in [6.07, 6.45) is 2.15. The summed E-state index contributed by atoms with van der Waals surface area (Å²) in [5, 5.41) is 14.0. The van der Waals surface area contributed by atoms with Crippen LogP contribution in [0.5, 0.6) is 5.75 Å². The van der Waals surface area contributed by atoms with Crippen molar-refractivity contribution >= 4 is 23.2 Å². The second-order valence-corrected chi connectivity index (χ2v) is 6.88. The van der Waals surface area contributed by atoms with Crippen LogP contribution in [0.3, 0.4) is 0 Å². The number of thiophene rings is 1. The largest absolute Gasteiger partial charge is 0.488 e. The standard InChI is InChI=1S/C18H19NO4S/c20-17(19-16-8-2-7-15(16)18(21)22)12-4-1-5-13(10-12)23-11-14-6-3-9-24-14/h1,3-6,9-10,15-16H,2,7-8,11H2,(H,19,20)(H,21,22)/t15-,16+/m1/s1. The van der Waals surface area contributed by atoms with Crippen molar-refractivity contribution in [3.05, 3.63) is 52.2 Å². The number of carbonyl (C=O) groups excluding carboxylic acids is 1. The van der Waals surface area contributed by atoms with E-state index in [1.54, 1.807) is 35.6 Å². The average molecular weight is 345 g/mol. The first kappa shape index (κ1) is 16.5. The molecule has 3 rings (SSSR count). The molecule has 2 aromatic rings. The van der Waals surface area contributed by atoms with Crippen LogP contribution in [0.2, 0.25) is 0 Å². The van der Waals surface area contributed by atoms with E-state index in [2.05, 4.69) is 5.32 Å². The van der Waals surface area contributed by atoms with Crippen LogP contribution in [0.4, 0.5) is 0 Å². The van der Waals surface area contributed by atoms with Crippen molar-refractivity contribution in [2.45, 2.75) is 31.9 Å². The molecule has 2 N–H and O–H groups in total. The van der Waals surface area contributed by atoms with Crippen molar-refractivity contribution in [2.24, 2.45) is 5.92 Å². The van der Waals surface area contributed by atoms with Gasteiger partial charge in [-0.1, -0.05) is 18.6 Å². The number of nitrogens with one attached hydrogen (secondary N) is 1. The van der Waals surface area contributed by atoms with E-state index in [0.29, 0.717) is 30.8 Å².